The number of carbonyl (C=O) groups is 5. The average molecular weight is 718 g/mol. The Morgan fingerprint density at radius 1 is 0.549 bits per heavy atom. The summed E-state index contributed by atoms with van der Waals surface area (Å²) < 4.78 is 15.6. The maximum atomic E-state index is 13.3. The van der Waals surface area contributed by atoms with Crippen LogP contribution in [0.1, 0.15) is 32.6 Å². The summed E-state index contributed by atoms with van der Waals surface area (Å²) in [5.41, 5.74) is -3.50. The number of benzene rings is 4. The third-order valence-corrected chi connectivity index (χ3v) is 8.04. The maximum Gasteiger partial charge on any atom is 1.00 e. The van der Waals surface area contributed by atoms with Crippen LogP contribution in [0, 0.1) is 0 Å². The van der Waals surface area contributed by atoms with Crippen LogP contribution in [0.25, 0.3) is 33.1 Å². The van der Waals surface area contributed by atoms with Crippen molar-refractivity contribution < 1.29 is 125 Å². The van der Waals surface area contributed by atoms with E-state index >= 15 is 0 Å². The van der Waals surface area contributed by atoms with Crippen molar-refractivity contribution >= 4 is 62.9 Å². The van der Waals surface area contributed by atoms with Crippen LogP contribution in [0.5, 0.6) is 23.0 Å². The van der Waals surface area contributed by atoms with Gasteiger partial charge in [0.15, 0.2) is 34.5 Å². The molecular weight excluding hydrogens is 699 g/mol. The van der Waals surface area contributed by atoms with Crippen molar-refractivity contribution in [2.45, 2.75) is 0 Å². The van der Waals surface area contributed by atoms with Crippen molar-refractivity contribution in [3.05, 3.63) is 118 Å². The molecule has 0 spiro atoms. The number of aliphatic hydroxyl groups excluding tert-OH is 2. The van der Waals surface area contributed by atoms with E-state index in [0.29, 0.717) is 0 Å². The first-order chi connectivity index (χ1) is 23.8. The second-order valence-corrected chi connectivity index (χ2v) is 10.9. The molecule has 0 bridgehead atoms. The van der Waals surface area contributed by atoms with Crippen LogP contribution in [-0.4, -0.2) is 65.6 Å². The number of phenols is 3. The Morgan fingerprint density at radius 2 is 1.02 bits per heavy atom. The molecule has 51 heavy (non-hydrogen) atoms. The number of carboxylic acids is 2. The van der Waals surface area contributed by atoms with E-state index < -0.39 is 80.9 Å². The normalized spacial score (nSPS) is 16.9. The molecule has 0 saturated heterocycles. The van der Waals surface area contributed by atoms with Gasteiger partial charge in [-0.3, -0.25) is 0 Å². The number of hydrogen-bond donors (Lipinski definition) is 7. The van der Waals surface area contributed by atoms with Crippen LogP contribution >= 0.6 is 0 Å². The number of carboxylic acid groups (broad SMARTS) is 2. The van der Waals surface area contributed by atoms with Crippen molar-refractivity contribution in [1.82, 2.24) is 0 Å². The van der Waals surface area contributed by atoms with Gasteiger partial charge in [0.25, 0.3) is 0 Å². The average Bonchev–Trinajstić information content (AvgIpc) is 3.66. The molecule has 248 valence electrons. The van der Waals surface area contributed by atoms with E-state index in [1.807, 2.05) is 0 Å². The summed E-state index contributed by atoms with van der Waals surface area (Å²) >= 11 is 0. The zero-order valence-electron chi connectivity index (χ0n) is 25.7. The summed E-state index contributed by atoms with van der Waals surface area (Å²) in [6, 6.07) is 12.7. The number of ether oxygens (including phenoxy) is 3. The number of aliphatic hydroxyl groups is 2. The quantitative estimate of drug-likeness (QED) is 0.0639. The molecule has 16 heteroatoms. The Kier molecular flexibility index (Phi) is 8.74. The zero-order chi connectivity index (χ0) is 35.8. The topological polar surface area (TPSA) is 255 Å². The molecule has 0 atom stereocenters. The first-order valence-electron chi connectivity index (χ1n) is 14.2. The van der Waals surface area contributed by atoms with Gasteiger partial charge in [-0.2, -0.15) is 0 Å². The van der Waals surface area contributed by atoms with Crippen LogP contribution in [0.3, 0.4) is 0 Å². The molecule has 3 aliphatic rings. The minimum absolute atomic E-state index is 0. The van der Waals surface area contributed by atoms with E-state index in [1.54, 1.807) is 0 Å². The van der Waals surface area contributed by atoms with Crippen LogP contribution in [0.2, 0.25) is 0 Å². The molecule has 0 saturated carbocycles. The molecule has 7 N–H and O–H groups in total. The van der Waals surface area contributed by atoms with E-state index in [0.717, 1.165) is 12.1 Å². The van der Waals surface area contributed by atoms with Crippen molar-refractivity contribution in [2.24, 2.45) is 0 Å². The molecule has 0 fully saturated rings. The van der Waals surface area contributed by atoms with Crippen LogP contribution in [0.4, 0.5) is 0 Å². The molecular formula is C35H18KO15+. The van der Waals surface area contributed by atoms with Crippen LogP contribution in [-0.2, 0) is 28.7 Å². The number of hydrogen-bond acceptors (Lipinski definition) is 13. The Bertz CT molecular complexity index is 2430. The molecule has 0 unspecified atom stereocenters. The van der Waals surface area contributed by atoms with Gasteiger partial charge in [-0.05, 0) is 64.5 Å². The van der Waals surface area contributed by atoms with Gasteiger partial charge < -0.3 is 50.0 Å². The monoisotopic (exact) mass is 717 g/mol. The number of phenolic OH excluding ortho intramolecular Hbond substituents is 3. The Labute approximate surface area is 326 Å². The fourth-order valence-corrected chi connectivity index (χ4v) is 5.87. The third-order valence-electron chi connectivity index (χ3n) is 8.04. The SMILES string of the molecule is O=C1O/C(=C(/C(=O)O)c2ccc(O)cc2)C(O)=C1c1cc2c3c(c(O)cc(C4=C(O)/C(=C(\C(=O)O)c5ccc(O)cc5)OC4=O)c3c1)OC2=O.[K+]. The van der Waals surface area contributed by atoms with Gasteiger partial charge in [-0.25, -0.2) is 24.0 Å². The van der Waals surface area contributed by atoms with E-state index in [-0.39, 0.29) is 107 Å². The van der Waals surface area contributed by atoms with E-state index in [2.05, 4.69) is 0 Å². The molecule has 0 radical (unpaired) electrons. The third kappa shape index (κ3) is 5.60. The van der Waals surface area contributed by atoms with Gasteiger partial charge in [0.05, 0.1) is 5.56 Å². The Morgan fingerprint density at radius 3 is 1.51 bits per heavy atom. The predicted molar refractivity (Wildman–Crippen MR) is 167 cm³/mol. The van der Waals surface area contributed by atoms with Crippen LogP contribution in [0.15, 0.2) is 89.8 Å². The van der Waals surface area contributed by atoms with Gasteiger partial charge in [0, 0.05) is 10.9 Å². The molecule has 3 heterocycles. The van der Waals surface area contributed by atoms with Gasteiger partial charge >= 0.3 is 81.2 Å². The largest absolute Gasteiger partial charge is 1.00 e. The van der Waals surface area contributed by atoms with E-state index in [4.69, 9.17) is 14.2 Å². The summed E-state index contributed by atoms with van der Waals surface area (Å²) in [7, 11) is 0. The zero-order valence-corrected chi connectivity index (χ0v) is 28.9. The molecule has 3 aliphatic heterocycles. The second kappa shape index (κ2) is 12.8. The summed E-state index contributed by atoms with van der Waals surface area (Å²) in [6.45, 7) is 0. The molecule has 4 aromatic carbocycles. The molecule has 4 aromatic rings. The molecule has 0 amide bonds. The van der Waals surface area contributed by atoms with Gasteiger partial charge in [0.2, 0.25) is 0 Å². The van der Waals surface area contributed by atoms with Crippen LogP contribution < -0.4 is 56.1 Å². The first-order valence-corrected chi connectivity index (χ1v) is 14.2. The number of cyclic esters (lactones) is 2. The van der Waals surface area contributed by atoms with Gasteiger partial charge in [-0.15, -0.1) is 0 Å². The van der Waals surface area contributed by atoms with Crippen molar-refractivity contribution in [2.75, 3.05) is 0 Å². The van der Waals surface area contributed by atoms with Gasteiger partial charge in [0.1, 0.15) is 33.8 Å². The smallest absolute Gasteiger partial charge is 0.508 e. The van der Waals surface area contributed by atoms with E-state index in [9.17, 15) is 59.7 Å². The maximum absolute atomic E-state index is 13.3. The number of esters is 3. The minimum atomic E-state index is -1.62. The summed E-state index contributed by atoms with van der Waals surface area (Å²) in [4.78, 5) is 64.0. The number of carbonyl (C=O) groups excluding carboxylic acids is 3. The van der Waals surface area contributed by atoms with Crippen molar-refractivity contribution in [1.29, 1.82) is 0 Å². The predicted octanol–water partition coefficient (Wildman–Crippen LogP) is 1.14. The second-order valence-electron chi connectivity index (χ2n) is 10.9. The van der Waals surface area contributed by atoms with E-state index in [1.165, 1.54) is 54.6 Å². The van der Waals surface area contributed by atoms with Crippen molar-refractivity contribution in [3.63, 3.8) is 0 Å². The Balaban J connectivity index is 0.00000448. The Hall–Kier alpha value is -5.91. The summed E-state index contributed by atoms with van der Waals surface area (Å²) in [5.74, 6) is -11.6. The molecule has 0 aromatic heterocycles. The molecule has 7 rings (SSSR count). The summed E-state index contributed by atoms with van der Waals surface area (Å²) in [6.07, 6.45) is 0. The standard InChI is InChI=1S/C35H18O15.K/c36-15-5-1-12(2-6-15)22(31(41)42)29-26(39)21(34(46)49-29)14-9-17-18(11-20(38)28-24(17)19(10-14)33(45)48-28)25-27(40)30(50-35(25)47)23(32(43)44)13-3-7-16(37)8-4-13;/h1-11,36-40H,(H,41,42)(H,43,44);/q;+1/b29-22+,30-23+;. The fourth-order valence-electron chi connectivity index (χ4n) is 5.87. The first kappa shape index (κ1) is 34.9. The summed E-state index contributed by atoms with van der Waals surface area (Å²) in [5, 5.41) is 72.3. The fraction of sp³-hybridized carbons (Fsp3) is 0. The molecule has 0 aliphatic carbocycles. The number of aliphatic carboxylic acids is 2. The van der Waals surface area contributed by atoms with Gasteiger partial charge in [-0.1, -0.05) is 24.3 Å². The minimum Gasteiger partial charge on any atom is -0.508 e. The number of aromatic hydroxyl groups is 3. The molecule has 15 nitrogen and oxygen atoms in total. The van der Waals surface area contributed by atoms with Crippen molar-refractivity contribution in [3.8, 4) is 23.0 Å². The number of rotatable bonds is 6.